The highest BCUT2D eigenvalue weighted by Crippen LogP contribution is 2.27. The van der Waals surface area contributed by atoms with Gasteiger partial charge in [-0.3, -0.25) is 0 Å². The Kier molecular flexibility index (Phi) is 4.10. The number of nitrogens with one attached hydrogen (secondary N) is 1. The van der Waals surface area contributed by atoms with Crippen molar-refractivity contribution in [2.45, 2.75) is 11.3 Å². The molecule has 1 aliphatic heterocycles. The van der Waals surface area contributed by atoms with Crippen LogP contribution in [0.25, 0.3) is 21.9 Å². The van der Waals surface area contributed by atoms with Crippen LogP contribution < -0.4 is 10.2 Å². The second-order valence-electron chi connectivity index (χ2n) is 6.95. The standard InChI is InChI=1S/C20H20N4O3S/c25-28(26,18-4-5-20-15(12-18)6-11-27-20)24-19-13-17(3-2-16(19)14-22-24)23-9-1-7-21-8-10-23/h2-6,11-14,21H,1,7-10H2. The average Bonchev–Trinajstić information content (AvgIpc) is 3.26. The molecule has 0 spiro atoms. The van der Waals surface area contributed by atoms with Crippen LogP contribution in [-0.2, 0) is 10.0 Å². The molecule has 2 aromatic heterocycles. The third kappa shape index (κ3) is 2.85. The molecule has 1 N–H and O–H groups in total. The van der Waals surface area contributed by atoms with E-state index in [2.05, 4.69) is 15.3 Å². The van der Waals surface area contributed by atoms with Gasteiger partial charge in [-0.2, -0.15) is 17.6 Å². The molecular formula is C20H20N4O3S. The van der Waals surface area contributed by atoms with Gasteiger partial charge in [0.1, 0.15) is 5.58 Å². The zero-order valence-electron chi connectivity index (χ0n) is 15.2. The van der Waals surface area contributed by atoms with Gasteiger partial charge in [0.15, 0.2) is 0 Å². The van der Waals surface area contributed by atoms with E-state index in [9.17, 15) is 8.42 Å². The minimum absolute atomic E-state index is 0.191. The van der Waals surface area contributed by atoms with Gasteiger partial charge in [0.25, 0.3) is 10.0 Å². The molecule has 1 saturated heterocycles. The molecule has 28 heavy (non-hydrogen) atoms. The number of anilines is 1. The molecule has 8 heteroatoms. The van der Waals surface area contributed by atoms with Crippen molar-refractivity contribution in [3.8, 4) is 0 Å². The first-order valence-corrected chi connectivity index (χ1v) is 10.7. The van der Waals surface area contributed by atoms with Gasteiger partial charge in [-0.25, -0.2) is 0 Å². The van der Waals surface area contributed by atoms with Crippen molar-refractivity contribution in [1.82, 2.24) is 14.5 Å². The number of nitrogens with zero attached hydrogens (tertiary/aromatic N) is 3. The lowest BCUT2D eigenvalue weighted by Crippen LogP contribution is -2.27. The average molecular weight is 396 g/mol. The van der Waals surface area contributed by atoms with Crippen LogP contribution in [-0.4, -0.2) is 43.8 Å². The van der Waals surface area contributed by atoms with Crippen LogP contribution in [0.4, 0.5) is 5.69 Å². The Morgan fingerprint density at radius 2 is 1.93 bits per heavy atom. The van der Waals surface area contributed by atoms with Gasteiger partial charge >= 0.3 is 0 Å². The first-order chi connectivity index (χ1) is 13.6. The molecule has 1 aliphatic rings. The molecule has 0 amide bonds. The molecule has 5 rings (SSSR count). The number of fused-ring (bicyclic) bond motifs is 2. The summed E-state index contributed by atoms with van der Waals surface area (Å²) in [5.41, 5.74) is 2.25. The minimum Gasteiger partial charge on any atom is -0.464 e. The number of aromatic nitrogens is 2. The number of hydrogen-bond acceptors (Lipinski definition) is 6. The van der Waals surface area contributed by atoms with Crippen LogP contribution >= 0.6 is 0 Å². The summed E-state index contributed by atoms with van der Waals surface area (Å²) in [6, 6.07) is 12.5. The van der Waals surface area contributed by atoms with Gasteiger partial charge in [0.05, 0.1) is 22.9 Å². The zero-order chi connectivity index (χ0) is 19.1. The number of benzene rings is 2. The van der Waals surface area contributed by atoms with Crippen molar-refractivity contribution in [3.05, 3.63) is 54.9 Å². The molecule has 2 aromatic carbocycles. The summed E-state index contributed by atoms with van der Waals surface area (Å²) in [5.74, 6) is 0. The summed E-state index contributed by atoms with van der Waals surface area (Å²) in [5, 5.41) is 9.12. The lowest BCUT2D eigenvalue weighted by molar-refractivity contribution is 0.582. The number of hydrogen-bond donors (Lipinski definition) is 1. The molecule has 3 heterocycles. The van der Waals surface area contributed by atoms with Gasteiger partial charge in [0, 0.05) is 36.1 Å². The molecule has 7 nitrogen and oxygen atoms in total. The quantitative estimate of drug-likeness (QED) is 0.574. The molecule has 0 aliphatic carbocycles. The van der Waals surface area contributed by atoms with Crippen molar-refractivity contribution < 1.29 is 12.8 Å². The summed E-state index contributed by atoms with van der Waals surface area (Å²) in [6.07, 6.45) is 4.20. The van der Waals surface area contributed by atoms with Crippen LogP contribution in [0.2, 0.25) is 0 Å². The van der Waals surface area contributed by atoms with Gasteiger partial charge in [-0.05, 0) is 55.4 Å². The summed E-state index contributed by atoms with van der Waals surface area (Å²) in [6.45, 7) is 3.75. The molecule has 1 fully saturated rings. The van der Waals surface area contributed by atoms with Crippen LogP contribution in [0, 0.1) is 0 Å². The van der Waals surface area contributed by atoms with E-state index in [1.807, 2.05) is 18.2 Å². The minimum atomic E-state index is -3.81. The van der Waals surface area contributed by atoms with Crippen LogP contribution in [0.5, 0.6) is 0 Å². The van der Waals surface area contributed by atoms with Crippen molar-refractivity contribution in [1.29, 1.82) is 0 Å². The highest BCUT2D eigenvalue weighted by molar-refractivity contribution is 7.90. The molecule has 0 bridgehead atoms. The second kappa shape index (κ2) is 6.65. The highest BCUT2D eigenvalue weighted by Gasteiger charge is 2.22. The van der Waals surface area contributed by atoms with E-state index in [1.54, 1.807) is 36.7 Å². The van der Waals surface area contributed by atoms with Crippen LogP contribution in [0.3, 0.4) is 0 Å². The molecule has 4 aromatic rings. The van der Waals surface area contributed by atoms with Crippen molar-refractivity contribution in [2.24, 2.45) is 0 Å². The fourth-order valence-electron chi connectivity index (χ4n) is 3.68. The summed E-state index contributed by atoms with van der Waals surface area (Å²) in [7, 11) is -3.81. The van der Waals surface area contributed by atoms with E-state index >= 15 is 0 Å². The predicted octanol–water partition coefficient (Wildman–Crippen LogP) is 2.82. The maximum absolute atomic E-state index is 13.3. The SMILES string of the molecule is O=S(=O)(c1ccc2occc2c1)n1ncc2ccc(N3CCCNCC3)cc21. The third-order valence-corrected chi connectivity index (χ3v) is 6.77. The van der Waals surface area contributed by atoms with E-state index in [-0.39, 0.29) is 4.90 Å². The Morgan fingerprint density at radius 1 is 1.00 bits per heavy atom. The van der Waals surface area contributed by atoms with E-state index in [4.69, 9.17) is 4.42 Å². The molecule has 0 radical (unpaired) electrons. The fraction of sp³-hybridized carbons (Fsp3) is 0.250. The topological polar surface area (TPSA) is 80.4 Å². The summed E-state index contributed by atoms with van der Waals surface area (Å²) < 4.78 is 33.0. The largest absolute Gasteiger partial charge is 0.464 e. The zero-order valence-corrected chi connectivity index (χ0v) is 16.0. The van der Waals surface area contributed by atoms with Gasteiger partial charge < -0.3 is 14.6 Å². The van der Waals surface area contributed by atoms with Crippen molar-refractivity contribution in [3.63, 3.8) is 0 Å². The molecule has 0 atom stereocenters. The summed E-state index contributed by atoms with van der Waals surface area (Å²) >= 11 is 0. The first kappa shape index (κ1) is 17.3. The molecule has 0 saturated carbocycles. The normalized spacial score (nSPS) is 15.9. The smallest absolute Gasteiger partial charge is 0.283 e. The Labute approximate surface area is 162 Å². The lowest BCUT2D eigenvalue weighted by Gasteiger charge is -2.22. The lowest BCUT2D eigenvalue weighted by atomic mass is 10.2. The fourth-order valence-corrected chi connectivity index (χ4v) is 4.98. The van der Waals surface area contributed by atoms with Gasteiger partial charge in [0.2, 0.25) is 0 Å². The molecular weight excluding hydrogens is 376 g/mol. The Hall–Kier alpha value is -2.84. The molecule has 0 unspecified atom stereocenters. The van der Waals surface area contributed by atoms with Crippen molar-refractivity contribution >= 4 is 37.6 Å². The number of furan rings is 1. The number of rotatable bonds is 3. The van der Waals surface area contributed by atoms with Crippen molar-refractivity contribution in [2.75, 3.05) is 31.1 Å². The Balaban J connectivity index is 1.60. The van der Waals surface area contributed by atoms with Gasteiger partial charge in [-0.1, -0.05) is 0 Å². The van der Waals surface area contributed by atoms with E-state index in [0.717, 1.165) is 53.1 Å². The monoisotopic (exact) mass is 396 g/mol. The Morgan fingerprint density at radius 3 is 2.86 bits per heavy atom. The first-order valence-electron chi connectivity index (χ1n) is 9.29. The summed E-state index contributed by atoms with van der Waals surface area (Å²) in [4.78, 5) is 2.47. The predicted molar refractivity (Wildman–Crippen MR) is 108 cm³/mol. The van der Waals surface area contributed by atoms with E-state index in [1.165, 1.54) is 0 Å². The molecule has 144 valence electrons. The van der Waals surface area contributed by atoms with E-state index in [0.29, 0.717) is 11.1 Å². The maximum atomic E-state index is 13.3. The van der Waals surface area contributed by atoms with Gasteiger partial charge in [-0.15, -0.1) is 0 Å². The highest BCUT2D eigenvalue weighted by atomic mass is 32.2. The maximum Gasteiger partial charge on any atom is 0.283 e. The van der Waals surface area contributed by atoms with Crippen LogP contribution in [0.1, 0.15) is 6.42 Å². The second-order valence-corrected chi connectivity index (χ2v) is 8.71. The Bertz CT molecular complexity index is 1250. The van der Waals surface area contributed by atoms with Crippen LogP contribution in [0.15, 0.2) is 64.2 Å². The van der Waals surface area contributed by atoms with E-state index < -0.39 is 10.0 Å². The third-order valence-electron chi connectivity index (χ3n) is 5.18.